The predicted molar refractivity (Wildman–Crippen MR) is 39.9 cm³/mol. The van der Waals surface area contributed by atoms with Gasteiger partial charge < -0.3 is 9.79 Å². The summed E-state index contributed by atoms with van der Waals surface area (Å²) in [5, 5.41) is 0. The molecule has 3 heterocycles. The van der Waals surface area contributed by atoms with E-state index in [1.807, 2.05) is 0 Å². The lowest BCUT2D eigenvalue weighted by atomic mass is 10.2. The van der Waals surface area contributed by atoms with Crippen LogP contribution in [0.2, 0.25) is 0 Å². The fraction of sp³-hybridized carbons (Fsp3) is 1.00. The number of fused-ring (bicyclic) bond motifs is 3. The van der Waals surface area contributed by atoms with Gasteiger partial charge in [0.25, 0.3) is 0 Å². The van der Waals surface area contributed by atoms with Crippen LogP contribution in [-0.4, -0.2) is 28.8 Å². The molecule has 7 nitrogen and oxygen atoms in total. The van der Waals surface area contributed by atoms with E-state index in [4.69, 9.17) is 9.79 Å². The van der Waals surface area contributed by atoms with E-state index >= 15 is 0 Å². The van der Waals surface area contributed by atoms with Crippen LogP contribution in [0.25, 0.3) is 0 Å². The molecule has 0 amide bonds. The molecule has 9 heteroatoms. The average Bonchev–Trinajstić information content (AvgIpc) is 2.03. The molecule has 0 spiro atoms. The van der Waals surface area contributed by atoms with Crippen LogP contribution < -0.4 is 0 Å². The molecule has 3 aliphatic rings. The van der Waals surface area contributed by atoms with Gasteiger partial charge in [0.1, 0.15) is 0 Å². The van der Waals surface area contributed by atoms with Gasteiger partial charge >= 0.3 is 15.4 Å². The molecule has 76 valence electrons. The second kappa shape index (κ2) is 2.87. The SMILES string of the molecule is O=P12OCC(CO1)C(P(=O)(O)O)O2. The fourth-order valence-corrected chi connectivity index (χ4v) is 4.18. The first-order valence-corrected chi connectivity index (χ1v) is 6.68. The molecule has 2 bridgehead atoms. The van der Waals surface area contributed by atoms with Gasteiger partial charge in [-0.15, -0.1) is 0 Å². The molecule has 0 aromatic carbocycles. The van der Waals surface area contributed by atoms with Crippen molar-refractivity contribution < 1.29 is 32.5 Å². The second-order valence-electron chi connectivity index (χ2n) is 2.88. The Kier molecular flexibility index (Phi) is 2.17. The van der Waals surface area contributed by atoms with E-state index in [0.717, 1.165) is 0 Å². The third-order valence-corrected chi connectivity index (χ3v) is 4.64. The Morgan fingerprint density at radius 3 is 2.15 bits per heavy atom. The minimum Gasteiger partial charge on any atom is -0.323 e. The summed E-state index contributed by atoms with van der Waals surface area (Å²) < 4.78 is 36.0. The van der Waals surface area contributed by atoms with Crippen molar-refractivity contribution in [1.29, 1.82) is 0 Å². The highest BCUT2D eigenvalue weighted by atomic mass is 31.2. The normalized spacial score (nSPS) is 45.1. The first kappa shape index (κ1) is 9.80. The first-order chi connectivity index (χ1) is 5.91. The van der Waals surface area contributed by atoms with Crippen molar-refractivity contribution in [3.05, 3.63) is 0 Å². The van der Waals surface area contributed by atoms with Crippen LogP contribution in [0.4, 0.5) is 0 Å². The summed E-state index contributed by atoms with van der Waals surface area (Å²) in [4.78, 5) is 17.7. The highest BCUT2D eigenvalue weighted by molar-refractivity contribution is 7.54. The van der Waals surface area contributed by atoms with Crippen LogP contribution >= 0.6 is 15.4 Å². The highest BCUT2D eigenvalue weighted by Gasteiger charge is 2.53. The van der Waals surface area contributed by atoms with Gasteiger partial charge in [0.2, 0.25) is 0 Å². The van der Waals surface area contributed by atoms with Gasteiger partial charge in [0, 0.05) is 5.92 Å². The summed E-state index contributed by atoms with van der Waals surface area (Å²) >= 11 is 0. The maximum absolute atomic E-state index is 11.3. The number of hydrogen-bond acceptors (Lipinski definition) is 5. The summed E-state index contributed by atoms with van der Waals surface area (Å²) in [7, 11) is -8.05. The van der Waals surface area contributed by atoms with Crippen LogP contribution in [0.3, 0.4) is 0 Å². The minimum atomic E-state index is -4.38. The molecular formula is C4H8O7P2. The lowest BCUT2D eigenvalue weighted by Crippen LogP contribution is -2.40. The second-order valence-corrected chi connectivity index (χ2v) is 6.19. The van der Waals surface area contributed by atoms with E-state index in [1.54, 1.807) is 0 Å². The van der Waals surface area contributed by atoms with Crippen LogP contribution in [0.1, 0.15) is 0 Å². The van der Waals surface area contributed by atoms with Gasteiger partial charge in [-0.25, -0.2) is 4.57 Å². The lowest BCUT2D eigenvalue weighted by Gasteiger charge is -2.40. The predicted octanol–water partition coefficient (Wildman–Crippen LogP) is 0.291. The fourth-order valence-electron chi connectivity index (χ4n) is 1.24. The number of phosphoric ester groups is 1. The van der Waals surface area contributed by atoms with Crippen molar-refractivity contribution in [3.8, 4) is 0 Å². The standard InChI is InChI=1S/C4H8O7P2/c5-12(6,7)4-3-1-9-13(8,11-4)10-2-3/h3-4H,1-2H2,(H2,5,6,7). The van der Waals surface area contributed by atoms with Crippen molar-refractivity contribution in [2.75, 3.05) is 13.2 Å². The van der Waals surface area contributed by atoms with E-state index in [-0.39, 0.29) is 13.2 Å². The summed E-state index contributed by atoms with van der Waals surface area (Å²) in [5.74, 6) is -1.89. The smallest absolute Gasteiger partial charge is 0.323 e. The molecule has 0 aromatic rings. The maximum Gasteiger partial charge on any atom is 0.475 e. The molecule has 3 fully saturated rings. The number of phosphoric acid groups is 1. The summed E-state index contributed by atoms with van der Waals surface area (Å²) in [6, 6.07) is 0. The van der Waals surface area contributed by atoms with Crippen LogP contribution in [0, 0.1) is 5.92 Å². The number of rotatable bonds is 1. The summed E-state index contributed by atoms with van der Waals surface area (Å²) in [5.41, 5.74) is 0. The van der Waals surface area contributed by atoms with E-state index < -0.39 is 27.2 Å². The third-order valence-electron chi connectivity index (χ3n) is 1.87. The van der Waals surface area contributed by atoms with E-state index in [1.165, 1.54) is 0 Å². The van der Waals surface area contributed by atoms with Gasteiger partial charge in [-0.05, 0) is 0 Å². The molecule has 1 atom stereocenters. The molecule has 0 radical (unpaired) electrons. The van der Waals surface area contributed by atoms with Crippen molar-refractivity contribution in [3.63, 3.8) is 0 Å². The Morgan fingerprint density at radius 2 is 1.85 bits per heavy atom. The van der Waals surface area contributed by atoms with Crippen molar-refractivity contribution in [2.24, 2.45) is 5.92 Å². The maximum atomic E-state index is 11.3. The summed E-state index contributed by atoms with van der Waals surface area (Å²) in [6.07, 6.45) is 0. The molecule has 3 saturated heterocycles. The Balaban J connectivity index is 2.26. The quantitative estimate of drug-likeness (QED) is 0.624. The lowest BCUT2D eigenvalue weighted by molar-refractivity contribution is -0.0545. The van der Waals surface area contributed by atoms with Crippen LogP contribution in [0.5, 0.6) is 0 Å². The van der Waals surface area contributed by atoms with E-state index in [2.05, 4.69) is 13.6 Å². The zero-order chi connectivity index (χ0) is 9.69. The average molecular weight is 230 g/mol. The molecule has 0 aliphatic carbocycles. The van der Waals surface area contributed by atoms with E-state index in [9.17, 15) is 9.13 Å². The highest BCUT2D eigenvalue weighted by Crippen LogP contribution is 2.65. The number of hydrogen-bond donors (Lipinski definition) is 2. The Morgan fingerprint density at radius 1 is 1.31 bits per heavy atom. The van der Waals surface area contributed by atoms with Gasteiger partial charge in [-0.3, -0.25) is 18.1 Å². The van der Waals surface area contributed by atoms with Crippen molar-refractivity contribution in [1.82, 2.24) is 0 Å². The molecule has 13 heavy (non-hydrogen) atoms. The van der Waals surface area contributed by atoms with Gasteiger partial charge in [0.05, 0.1) is 13.2 Å². The van der Waals surface area contributed by atoms with Crippen molar-refractivity contribution >= 4 is 15.4 Å². The molecule has 1 unspecified atom stereocenters. The third kappa shape index (κ3) is 1.74. The first-order valence-electron chi connectivity index (χ1n) is 3.53. The monoisotopic (exact) mass is 230 g/mol. The molecule has 0 saturated carbocycles. The Labute approximate surface area is 73.8 Å². The molecular weight excluding hydrogens is 222 g/mol. The van der Waals surface area contributed by atoms with Crippen LogP contribution in [-0.2, 0) is 22.7 Å². The molecule has 0 aromatic heterocycles. The van der Waals surface area contributed by atoms with Gasteiger partial charge in [-0.2, -0.15) is 0 Å². The van der Waals surface area contributed by atoms with Crippen LogP contribution in [0.15, 0.2) is 0 Å². The topological polar surface area (TPSA) is 102 Å². The Bertz CT molecular complexity index is 296. The molecule has 2 N–H and O–H groups in total. The van der Waals surface area contributed by atoms with Gasteiger partial charge in [-0.1, -0.05) is 0 Å². The molecule has 3 rings (SSSR count). The minimum absolute atomic E-state index is 0.00700. The molecule has 3 aliphatic heterocycles. The van der Waals surface area contributed by atoms with Gasteiger partial charge in [0.15, 0.2) is 5.85 Å². The zero-order valence-corrected chi connectivity index (χ0v) is 8.19. The van der Waals surface area contributed by atoms with E-state index in [0.29, 0.717) is 0 Å². The van der Waals surface area contributed by atoms with Crippen molar-refractivity contribution in [2.45, 2.75) is 5.85 Å². The summed E-state index contributed by atoms with van der Waals surface area (Å²) in [6.45, 7) is 0.0140. The largest absolute Gasteiger partial charge is 0.475 e. The zero-order valence-electron chi connectivity index (χ0n) is 6.40. The Hall–Kier alpha value is 0.260.